The topological polar surface area (TPSA) is 107 Å². The molecule has 0 fully saturated rings. The fraction of sp³-hybridized carbons (Fsp3) is 0.190. The van der Waals surface area contributed by atoms with E-state index in [2.05, 4.69) is 4.74 Å². The number of imide groups is 1. The quantitative estimate of drug-likeness (QED) is 0.273. The second kappa shape index (κ2) is 8.92. The molecule has 0 aliphatic carbocycles. The Bertz CT molecular complexity index is 920. The van der Waals surface area contributed by atoms with Gasteiger partial charge in [-0.3, -0.25) is 28.9 Å². The highest BCUT2D eigenvalue weighted by Gasteiger charge is 2.39. The molecule has 0 radical (unpaired) electrons. The van der Waals surface area contributed by atoms with Crippen LogP contribution in [0.5, 0.6) is 0 Å². The Morgan fingerprint density at radius 3 is 2.10 bits per heavy atom. The summed E-state index contributed by atoms with van der Waals surface area (Å²) >= 11 is 0. The number of esters is 1. The molecular weight excluding hydrogens is 378 g/mol. The van der Waals surface area contributed by atoms with Crippen molar-refractivity contribution < 1.29 is 33.4 Å². The fourth-order valence-electron chi connectivity index (χ4n) is 2.91. The van der Waals surface area contributed by atoms with Crippen LogP contribution in [-0.4, -0.2) is 48.1 Å². The molecule has 3 rings (SSSR count). The van der Waals surface area contributed by atoms with Crippen molar-refractivity contribution >= 4 is 30.0 Å². The summed E-state index contributed by atoms with van der Waals surface area (Å²) in [6.07, 6.45) is 0. The Balaban J connectivity index is 1.69. The van der Waals surface area contributed by atoms with Gasteiger partial charge in [-0.15, -0.1) is 0 Å². The second-order valence-electron chi connectivity index (χ2n) is 6.28. The highest BCUT2D eigenvalue weighted by Crippen LogP contribution is 2.22. The lowest BCUT2D eigenvalue weighted by Gasteiger charge is -2.18. The van der Waals surface area contributed by atoms with Gasteiger partial charge in [-0.2, -0.15) is 0 Å². The van der Waals surface area contributed by atoms with Gasteiger partial charge >= 0.3 is 5.97 Å². The van der Waals surface area contributed by atoms with E-state index in [-0.39, 0.29) is 24.2 Å². The molecule has 1 atom stereocenters. The third kappa shape index (κ3) is 4.37. The molecule has 2 amide bonds. The Morgan fingerprint density at radius 2 is 1.52 bits per heavy atom. The molecule has 8 nitrogen and oxygen atoms in total. The van der Waals surface area contributed by atoms with Crippen molar-refractivity contribution in [3.8, 4) is 0 Å². The molecule has 0 bridgehead atoms. The van der Waals surface area contributed by atoms with E-state index >= 15 is 0 Å². The Morgan fingerprint density at radius 1 is 0.931 bits per heavy atom. The van der Waals surface area contributed by atoms with Gasteiger partial charge in [0.15, 0.2) is 11.7 Å². The van der Waals surface area contributed by atoms with Crippen LogP contribution < -0.4 is 0 Å². The van der Waals surface area contributed by atoms with Crippen LogP contribution in [0, 0.1) is 5.92 Å². The molecule has 8 heteroatoms. The number of carbonyl (C=O) groups excluding carboxylic acids is 5. The minimum atomic E-state index is -1.45. The zero-order valence-electron chi connectivity index (χ0n) is 15.3. The maximum atomic E-state index is 12.7. The van der Waals surface area contributed by atoms with E-state index in [0.717, 1.165) is 4.90 Å². The zero-order chi connectivity index (χ0) is 20.8. The number of ketones is 1. The Labute approximate surface area is 166 Å². The average molecular weight is 395 g/mol. The van der Waals surface area contributed by atoms with Crippen molar-refractivity contribution in [2.45, 2.75) is 6.61 Å². The minimum Gasteiger partial charge on any atom is -0.466 e. The lowest BCUT2D eigenvalue weighted by molar-refractivity contribution is -0.156. The molecular formula is C21H17NO7. The van der Waals surface area contributed by atoms with Gasteiger partial charge in [-0.05, 0) is 17.7 Å². The molecule has 0 saturated carbocycles. The molecule has 0 aromatic heterocycles. The van der Waals surface area contributed by atoms with Crippen LogP contribution in [0.15, 0.2) is 54.6 Å². The molecule has 1 heterocycles. The molecule has 1 unspecified atom stereocenters. The summed E-state index contributed by atoms with van der Waals surface area (Å²) in [5.41, 5.74) is 1.10. The highest BCUT2D eigenvalue weighted by molar-refractivity contribution is 6.22. The standard InChI is InChI=1S/C21H17NO7/c23-13-28-12-17(21(27)29-11-14-6-2-1-3-7-14)18(24)10-22-19(25)15-8-4-5-9-16(15)20(22)26/h1-9,13,17H,10-12H2. The van der Waals surface area contributed by atoms with Gasteiger partial charge < -0.3 is 9.47 Å². The highest BCUT2D eigenvalue weighted by atomic mass is 16.5. The number of hydrogen-bond acceptors (Lipinski definition) is 7. The molecule has 0 spiro atoms. The van der Waals surface area contributed by atoms with E-state index in [1.54, 1.807) is 42.5 Å². The second-order valence-corrected chi connectivity index (χ2v) is 6.28. The van der Waals surface area contributed by atoms with Gasteiger partial charge in [0.1, 0.15) is 13.2 Å². The van der Waals surface area contributed by atoms with Crippen LogP contribution in [-0.2, 0) is 30.5 Å². The molecule has 1 aliphatic rings. The van der Waals surface area contributed by atoms with E-state index in [1.165, 1.54) is 12.1 Å². The first-order valence-corrected chi connectivity index (χ1v) is 8.76. The summed E-state index contributed by atoms with van der Waals surface area (Å²) in [4.78, 5) is 61.2. The third-order valence-electron chi connectivity index (χ3n) is 4.42. The zero-order valence-corrected chi connectivity index (χ0v) is 15.3. The van der Waals surface area contributed by atoms with Gasteiger partial charge in [0, 0.05) is 0 Å². The first kappa shape index (κ1) is 19.9. The number of ether oxygens (including phenoxy) is 2. The largest absolute Gasteiger partial charge is 0.466 e. The Hall–Kier alpha value is -3.81. The predicted molar refractivity (Wildman–Crippen MR) is 98.6 cm³/mol. The summed E-state index contributed by atoms with van der Waals surface area (Å²) in [5.74, 6) is -4.36. The van der Waals surface area contributed by atoms with Crippen molar-refractivity contribution in [3.63, 3.8) is 0 Å². The number of hydrogen-bond donors (Lipinski definition) is 0. The number of benzene rings is 2. The van der Waals surface area contributed by atoms with E-state index in [4.69, 9.17) is 4.74 Å². The van der Waals surface area contributed by atoms with Crippen molar-refractivity contribution in [2.24, 2.45) is 5.92 Å². The number of carbonyl (C=O) groups is 5. The molecule has 29 heavy (non-hydrogen) atoms. The number of rotatable bonds is 9. The minimum absolute atomic E-state index is 0.0719. The first-order valence-electron chi connectivity index (χ1n) is 8.76. The van der Waals surface area contributed by atoms with E-state index < -0.39 is 42.6 Å². The lowest BCUT2D eigenvalue weighted by Crippen LogP contribution is -2.41. The van der Waals surface area contributed by atoms with Gasteiger partial charge in [-0.25, -0.2) is 0 Å². The first-order chi connectivity index (χ1) is 14.0. The smallest absolute Gasteiger partial charge is 0.320 e. The van der Waals surface area contributed by atoms with Crippen LogP contribution >= 0.6 is 0 Å². The maximum absolute atomic E-state index is 12.7. The van der Waals surface area contributed by atoms with Crippen LogP contribution in [0.4, 0.5) is 0 Å². The molecule has 2 aromatic carbocycles. The summed E-state index contributed by atoms with van der Waals surface area (Å²) in [5, 5.41) is 0. The van der Waals surface area contributed by atoms with Crippen molar-refractivity contribution in [3.05, 3.63) is 71.3 Å². The van der Waals surface area contributed by atoms with Crippen LogP contribution in [0.25, 0.3) is 0 Å². The van der Waals surface area contributed by atoms with E-state index in [9.17, 15) is 24.0 Å². The van der Waals surface area contributed by atoms with E-state index in [0.29, 0.717) is 5.56 Å². The molecule has 148 valence electrons. The average Bonchev–Trinajstić information content (AvgIpc) is 2.98. The number of amides is 2. The number of nitrogens with zero attached hydrogens (tertiary/aromatic N) is 1. The normalized spacial score (nSPS) is 13.6. The summed E-state index contributed by atoms with van der Waals surface area (Å²) < 4.78 is 9.72. The van der Waals surface area contributed by atoms with Crippen LogP contribution in [0.3, 0.4) is 0 Å². The monoisotopic (exact) mass is 395 g/mol. The summed E-state index contributed by atoms with van der Waals surface area (Å²) in [6.45, 7) is -1.14. The summed E-state index contributed by atoms with van der Waals surface area (Å²) in [6, 6.07) is 15.0. The molecule has 1 aliphatic heterocycles. The lowest BCUT2D eigenvalue weighted by atomic mass is 10.0. The molecule has 0 N–H and O–H groups in total. The van der Waals surface area contributed by atoms with Crippen molar-refractivity contribution in [2.75, 3.05) is 13.2 Å². The predicted octanol–water partition coefficient (Wildman–Crippen LogP) is 1.38. The third-order valence-corrected chi connectivity index (χ3v) is 4.42. The van der Waals surface area contributed by atoms with Gasteiger partial charge in [0.05, 0.1) is 17.7 Å². The summed E-state index contributed by atoms with van der Waals surface area (Å²) in [7, 11) is 0. The Kier molecular flexibility index (Phi) is 6.13. The fourth-order valence-corrected chi connectivity index (χ4v) is 2.91. The van der Waals surface area contributed by atoms with Crippen LogP contribution in [0.2, 0.25) is 0 Å². The van der Waals surface area contributed by atoms with Gasteiger partial charge in [0.2, 0.25) is 0 Å². The van der Waals surface area contributed by atoms with Gasteiger partial charge in [0.25, 0.3) is 18.3 Å². The van der Waals surface area contributed by atoms with Crippen molar-refractivity contribution in [1.29, 1.82) is 0 Å². The van der Waals surface area contributed by atoms with Crippen molar-refractivity contribution in [1.82, 2.24) is 4.90 Å². The number of Topliss-reactive ketones (excluding diaryl/α,β-unsaturated/α-hetero) is 1. The maximum Gasteiger partial charge on any atom is 0.320 e. The molecule has 0 saturated heterocycles. The number of fused-ring (bicyclic) bond motifs is 1. The van der Waals surface area contributed by atoms with Gasteiger partial charge in [-0.1, -0.05) is 42.5 Å². The SMILES string of the molecule is O=COCC(C(=O)CN1C(=O)c2ccccc2C1=O)C(=O)OCc1ccccc1. The van der Waals surface area contributed by atoms with E-state index in [1.807, 2.05) is 0 Å². The van der Waals surface area contributed by atoms with Crippen LogP contribution in [0.1, 0.15) is 26.3 Å². The molecule has 2 aromatic rings.